The van der Waals surface area contributed by atoms with Crippen LogP contribution in [0.3, 0.4) is 0 Å². The first-order valence-electron chi connectivity index (χ1n) is 9.76. The first-order chi connectivity index (χ1) is 14.0. The minimum absolute atomic E-state index is 0.215. The number of anilines is 1. The highest BCUT2D eigenvalue weighted by Gasteiger charge is 2.37. The van der Waals surface area contributed by atoms with Crippen LogP contribution in [-0.2, 0) is 21.2 Å². The zero-order chi connectivity index (χ0) is 20.4. The number of sulfonamides is 1. The summed E-state index contributed by atoms with van der Waals surface area (Å²) < 4.78 is 28.5. The number of piperidine rings is 1. The highest BCUT2D eigenvalue weighted by Crippen LogP contribution is 2.29. The summed E-state index contributed by atoms with van der Waals surface area (Å²) in [4.78, 5) is 17.7. The summed E-state index contributed by atoms with van der Waals surface area (Å²) in [5.74, 6) is -0.320. The van der Waals surface area contributed by atoms with Gasteiger partial charge in [-0.15, -0.1) is 0 Å². The van der Waals surface area contributed by atoms with Gasteiger partial charge in [0.05, 0.1) is 15.1 Å². The van der Waals surface area contributed by atoms with Gasteiger partial charge in [0, 0.05) is 6.54 Å². The smallest absolute Gasteiger partial charge is 0.244 e. The fourth-order valence-electron chi connectivity index (χ4n) is 3.61. The van der Waals surface area contributed by atoms with Gasteiger partial charge in [0.25, 0.3) is 0 Å². The molecule has 0 unspecified atom stereocenters. The van der Waals surface area contributed by atoms with Gasteiger partial charge in [-0.25, -0.2) is 13.4 Å². The number of thiazole rings is 1. The average molecular weight is 430 g/mol. The molecule has 1 aromatic heterocycles. The number of hydrogen-bond donors (Lipinski definition) is 1. The van der Waals surface area contributed by atoms with Crippen molar-refractivity contribution in [3.63, 3.8) is 0 Å². The number of amides is 1. The number of benzene rings is 2. The summed E-state index contributed by atoms with van der Waals surface area (Å²) >= 11 is 1.41. The van der Waals surface area contributed by atoms with E-state index in [4.69, 9.17) is 0 Å². The first kappa shape index (κ1) is 20.0. The molecule has 2 heterocycles. The van der Waals surface area contributed by atoms with Gasteiger partial charge < -0.3 is 5.32 Å². The maximum Gasteiger partial charge on any atom is 0.244 e. The van der Waals surface area contributed by atoms with Gasteiger partial charge in [-0.2, -0.15) is 4.31 Å². The van der Waals surface area contributed by atoms with Gasteiger partial charge in [0.1, 0.15) is 6.04 Å². The Kier molecular flexibility index (Phi) is 5.67. The van der Waals surface area contributed by atoms with E-state index in [0.717, 1.165) is 29.5 Å². The lowest BCUT2D eigenvalue weighted by Gasteiger charge is -2.33. The Labute approximate surface area is 174 Å². The topological polar surface area (TPSA) is 79.4 Å². The van der Waals surface area contributed by atoms with Crippen molar-refractivity contribution in [1.82, 2.24) is 9.29 Å². The van der Waals surface area contributed by atoms with Gasteiger partial charge in [-0.05, 0) is 49.1 Å². The van der Waals surface area contributed by atoms with E-state index in [2.05, 4.69) is 23.3 Å². The number of nitrogens with one attached hydrogen (secondary N) is 1. The van der Waals surface area contributed by atoms with Crippen LogP contribution < -0.4 is 5.32 Å². The van der Waals surface area contributed by atoms with E-state index in [-0.39, 0.29) is 10.8 Å². The normalized spacial score (nSPS) is 18.0. The molecule has 2 aromatic carbocycles. The summed E-state index contributed by atoms with van der Waals surface area (Å²) in [6, 6.07) is 13.6. The lowest BCUT2D eigenvalue weighted by molar-refractivity contribution is -0.120. The van der Waals surface area contributed by atoms with E-state index in [9.17, 15) is 13.2 Å². The molecule has 29 heavy (non-hydrogen) atoms. The van der Waals surface area contributed by atoms with Crippen LogP contribution in [0.25, 0.3) is 10.2 Å². The van der Waals surface area contributed by atoms with E-state index < -0.39 is 16.1 Å². The number of rotatable bonds is 5. The highest BCUT2D eigenvalue weighted by atomic mass is 32.2. The van der Waals surface area contributed by atoms with E-state index in [1.807, 2.05) is 12.1 Å². The molecule has 3 aromatic rings. The van der Waals surface area contributed by atoms with Crippen LogP contribution in [0, 0.1) is 0 Å². The van der Waals surface area contributed by atoms with E-state index in [1.165, 1.54) is 21.2 Å². The Morgan fingerprint density at radius 1 is 1.21 bits per heavy atom. The number of aryl methyl sites for hydroxylation is 1. The third-order valence-electron chi connectivity index (χ3n) is 5.20. The molecule has 6 nitrogen and oxygen atoms in total. The van der Waals surface area contributed by atoms with E-state index in [0.29, 0.717) is 18.1 Å². The molecular formula is C21H23N3O3S2. The van der Waals surface area contributed by atoms with Crippen molar-refractivity contribution in [3.05, 3.63) is 54.1 Å². The van der Waals surface area contributed by atoms with Gasteiger partial charge >= 0.3 is 0 Å². The third-order valence-corrected chi connectivity index (χ3v) is 8.05. The molecule has 1 aliphatic rings. The van der Waals surface area contributed by atoms with Crippen molar-refractivity contribution in [2.75, 3.05) is 11.9 Å². The van der Waals surface area contributed by atoms with Crippen LogP contribution in [-0.4, -0.2) is 36.2 Å². The van der Waals surface area contributed by atoms with Crippen molar-refractivity contribution >= 4 is 42.6 Å². The van der Waals surface area contributed by atoms with Crippen LogP contribution >= 0.6 is 11.3 Å². The Morgan fingerprint density at radius 3 is 2.76 bits per heavy atom. The lowest BCUT2D eigenvalue weighted by atomic mass is 10.0. The Balaban J connectivity index is 1.58. The molecular weight excluding hydrogens is 406 g/mol. The summed E-state index contributed by atoms with van der Waals surface area (Å²) in [6.45, 7) is 2.44. The van der Waals surface area contributed by atoms with Crippen molar-refractivity contribution in [2.45, 2.75) is 43.5 Å². The quantitative estimate of drug-likeness (QED) is 0.664. The zero-order valence-electron chi connectivity index (χ0n) is 16.2. The molecule has 1 aliphatic heterocycles. The van der Waals surface area contributed by atoms with Crippen molar-refractivity contribution in [1.29, 1.82) is 0 Å². The number of nitrogens with zero attached hydrogens (tertiary/aromatic N) is 2. The Hall–Kier alpha value is -2.29. The fourth-order valence-corrected chi connectivity index (χ4v) is 6.22. The molecule has 1 saturated heterocycles. The standard InChI is InChI=1S/C21H23N3O3S2/c1-2-15-11-12-17-19(14-15)28-21(22-17)23-20(25)18-10-6-7-13-24(18)29(26,27)16-8-4-3-5-9-16/h3-5,8-9,11-12,14,18H,2,6-7,10,13H2,1H3,(H,22,23,25)/t18-/m1/s1. The number of hydrogen-bond acceptors (Lipinski definition) is 5. The Morgan fingerprint density at radius 2 is 2.00 bits per heavy atom. The lowest BCUT2D eigenvalue weighted by Crippen LogP contribution is -2.49. The predicted octanol–water partition coefficient (Wildman–Crippen LogP) is 4.04. The predicted molar refractivity (Wildman–Crippen MR) is 116 cm³/mol. The molecule has 152 valence electrons. The molecule has 1 amide bonds. The second-order valence-electron chi connectivity index (χ2n) is 7.10. The summed E-state index contributed by atoms with van der Waals surface area (Å²) in [6.07, 6.45) is 3.00. The molecule has 1 N–H and O–H groups in total. The minimum atomic E-state index is -3.73. The molecule has 0 aliphatic carbocycles. The minimum Gasteiger partial charge on any atom is -0.301 e. The van der Waals surface area contributed by atoms with Crippen molar-refractivity contribution in [3.8, 4) is 0 Å². The molecule has 0 spiro atoms. The monoisotopic (exact) mass is 429 g/mol. The number of fused-ring (bicyclic) bond motifs is 1. The molecule has 0 radical (unpaired) electrons. The number of carbonyl (C=O) groups excluding carboxylic acids is 1. The summed E-state index contributed by atoms with van der Waals surface area (Å²) in [7, 11) is -3.73. The highest BCUT2D eigenvalue weighted by molar-refractivity contribution is 7.89. The third kappa shape index (κ3) is 4.05. The maximum atomic E-state index is 13.1. The van der Waals surface area contributed by atoms with Crippen LogP contribution in [0.5, 0.6) is 0 Å². The summed E-state index contributed by atoms with van der Waals surface area (Å²) in [5, 5.41) is 3.36. The maximum absolute atomic E-state index is 13.1. The zero-order valence-corrected chi connectivity index (χ0v) is 17.8. The van der Waals surface area contributed by atoms with Gasteiger partial charge in [-0.1, -0.05) is 48.9 Å². The molecule has 1 fully saturated rings. The fraction of sp³-hybridized carbons (Fsp3) is 0.333. The van der Waals surface area contributed by atoms with E-state index in [1.54, 1.807) is 30.3 Å². The van der Waals surface area contributed by atoms with Crippen LogP contribution in [0.4, 0.5) is 5.13 Å². The Bertz CT molecular complexity index is 1130. The van der Waals surface area contributed by atoms with Gasteiger partial charge in [0.15, 0.2) is 5.13 Å². The van der Waals surface area contributed by atoms with Crippen LogP contribution in [0.15, 0.2) is 53.4 Å². The van der Waals surface area contributed by atoms with Gasteiger partial charge in [0.2, 0.25) is 15.9 Å². The first-order valence-corrected chi connectivity index (χ1v) is 12.0. The van der Waals surface area contributed by atoms with Gasteiger partial charge in [-0.3, -0.25) is 4.79 Å². The molecule has 1 atom stereocenters. The second-order valence-corrected chi connectivity index (χ2v) is 10.0. The van der Waals surface area contributed by atoms with Crippen molar-refractivity contribution < 1.29 is 13.2 Å². The molecule has 0 saturated carbocycles. The van der Waals surface area contributed by atoms with Crippen LogP contribution in [0.1, 0.15) is 31.7 Å². The molecule has 0 bridgehead atoms. The molecule has 8 heteroatoms. The largest absolute Gasteiger partial charge is 0.301 e. The van der Waals surface area contributed by atoms with Crippen molar-refractivity contribution in [2.24, 2.45) is 0 Å². The average Bonchev–Trinajstić information content (AvgIpc) is 3.15. The van der Waals surface area contributed by atoms with E-state index >= 15 is 0 Å². The number of aromatic nitrogens is 1. The SMILES string of the molecule is CCc1ccc2nc(NC(=O)[C@H]3CCCCN3S(=O)(=O)c3ccccc3)sc2c1. The summed E-state index contributed by atoms with van der Waals surface area (Å²) in [5.41, 5.74) is 2.05. The second kappa shape index (κ2) is 8.22. The van der Waals surface area contributed by atoms with Crippen LogP contribution in [0.2, 0.25) is 0 Å². The number of carbonyl (C=O) groups is 1. The molecule has 4 rings (SSSR count).